The van der Waals surface area contributed by atoms with Crippen molar-refractivity contribution in [3.05, 3.63) is 0 Å². The van der Waals surface area contributed by atoms with Crippen LogP contribution in [0.15, 0.2) is 0 Å². The van der Waals surface area contributed by atoms with Gasteiger partial charge in [-0.05, 0) is 6.92 Å². The summed E-state index contributed by atoms with van der Waals surface area (Å²) >= 11 is 0. The molecule has 0 atom stereocenters. The van der Waals surface area contributed by atoms with E-state index in [4.69, 9.17) is 15.0 Å². The van der Waals surface area contributed by atoms with Crippen LogP contribution in [0.3, 0.4) is 0 Å². The van der Waals surface area contributed by atoms with Gasteiger partial charge >= 0.3 is 5.97 Å². The lowest BCUT2D eigenvalue weighted by atomic mass is 10.0. The highest BCUT2D eigenvalue weighted by Crippen LogP contribution is 2.15. The summed E-state index contributed by atoms with van der Waals surface area (Å²) in [5, 5.41) is 13.9. The molecule has 5 heteroatoms. The van der Waals surface area contributed by atoms with Crippen molar-refractivity contribution < 1.29 is 24.5 Å². The smallest absolute Gasteiger partial charge is 0.302 e. The molecule has 17 heavy (non-hydrogen) atoms. The molecule has 0 heterocycles. The van der Waals surface area contributed by atoms with E-state index in [1.54, 1.807) is 6.92 Å². The van der Waals surface area contributed by atoms with E-state index in [2.05, 4.69) is 4.74 Å². The van der Waals surface area contributed by atoms with Gasteiger partial charge in [0.05, 0.1) is 6.61 Å². The number of aliphatic hydroxyl groups excluding tert-OH is 1. The highest BCUT2D eigenvalue weighted by molar-refractivity contribution is 5.65. The number of ether oxygens (including phenoxy) is 1. The fraction of sp³-hybridized carbons (Fsp3) is 0.833. The van der Waals surface area contributed by atoms with Crippen LogP contribution >= 0.6 is 0 Å². The normalized spacial score (nSPS) is 12.2. The maximum absolute atomic E-state index is 9.82. The Balaban J connectivity index is -0.000000169. The molecule has 104 valence electrons. The largest absolute Gasteiger partial charge is 0.483 e. The van der Waals surface area contributed by atoms with Crippen molar-refractivity contribution in [1.29, 1.82) is 0 Å². The van der Waals surface area contributed by atoms with Crippen molar-refractivity contribution in [3.63, 3.8) is 0 Å². The molecular formula is C12H26O5. The first-order valence-electron chi connectivity index (χ1n) is 5.85. The SMILES string of the molecule is C1CCCCC1.CCOC(C)=O.CO.O=CO. The van der Waals surface area contributed by atoms with Crippen LogP contribution in [0.4, 0.5) is 0 Å². The molecule has 1 aliphatic rings. The van der Waals surface area contributed by atoms with E-state index in [-0.39, 0.29) is 12.4 Å². The summed E-state index contributed by atoms with van der Waals surface area (Å²) in [7, 11) is 1.00. The Morgan fingerprint density at radius 1 is 1.12 bits per heavy atom. The summed E-state index contributed by atoms with van der Waals surface area (Å²) in [6, 6.07) is 0. The summed E-state index contributed by atoms with van der Waals surface area (Å²) in [4.78, 5) is 18.2. The van der Waals surface area contributed by atoms with Gasteiger partial charge in [-0.25, -0.2) is 0 Å². The van der Waals surface area contributed by atoms with Crippen LogP contribution in [0, 0.1) is 0 Å². The third-order valence-electron chi connectivity index (χ3n) is 1.85. The lowest BCUT2D eigenvalue weighted by molar-refractivity contribution is -0.140. The number of aliphatic hydroxyl groups is 1. The van der Waals surface area contributed by atoms with Gasteiger partial charge in [0.2, 0.25) is 0 Å². The van der Waals surface area contributed by atoms with E-state index in [1.165, 1.54) is 45.4 Å². The topological polar surface area (TPSA) is 83.8 Å². The van der Waals surface area contributed by atoms with Crippen molar-refractivity contribution in [3.8, 4) is 0 Å². The van der Waals surface area contributed by atoms with Gasteiger partial charge in [0.15, 0.2) is 0 Å². The number of rotatable bonds is 1. The summed E-state index contributed by atoms with van der Waals surface area (Å²) in [5.41, 5.74) is 0. The van der Waals surface area contributed by atoms with Gasteiger partial charge < -0.3 is 14.9 Å². The number of carbonyl (C=O) groups is 2. The molecule has 0 saturated heterocycles. The van der Waals surface area contributed by atoms with Crippen LogP contribution < -0.4 is 0 Å². The van der Waals surface area contributed by atoms with Crippen LogP contribution in [0.1, 0.15) is 52.4 Å². The van der Waals surface area contributed by atoms with Gasteiger partial charge in [-0.2, -0.15) is 0 Å². The lowest BCUT2D eigenvalue weighted by Crippen LogP contribution is -1.95. The highest BCUT2D eigenvalue weighted by atomic mass is 16.5. The Kier molecular flexibility index (Phi) is 30.2. The van der Waals surface area contributed by atoms with Crippen molar-refractivity contribution >= 4 is 12.4 Å². The van der Waals surface area contributed by atoms with Gasteiger partial charge in [-0.3, -0.25) is 9.59 Å². The fourth-order valence-electron chi connectivity index (χ4n) is 1.26. The molecule has 1 saturated carbocycles. The van der Waals surface area contributed by atoms with Crippen molar-refractivity contribution in [1.82, 2.24) is 0 Å². The predicted octanol–water partition coefficient (Wildman–Crippen LogP) is 2.22. The number of hydrogen-bond donors (Lipinski definition) is 2. The summed E-state index contributed by atoms with van der Waals surface area (Å²) in [6.45, 7) is 3.40. The number of hydrogen-bond acceptors (Lipinski definition) is 4. The standard InChI is InChI=1S/C6H12.C4H8O2.CH2O2.CH4O/c1-2-4-6-5-3-1;1-3-6-4(2)5;2-1-3;1-2/h1-6H2;3H2,1-2H3;1H,(H,2,3);2H,1H3. The highest BCUT2D eigenvalue weighted by Gasteiger charge is 1.95. The van der Waals surface area contributed by atoms with E-state index in [9.17, 15) is 4.79 Å². The third-order valence-corrected chi connectivity index (χ3v) is 1.85. The first kappa shape index (κ1) is 21.2. The fourth-order valence-corrected chi connectivity index (χ4v) is 1.26. The third kappa shape index (κ3) is 39.7. The molecule has 0 aromatic heterocycles. The van der Waals surface area contributed by atoms with E-state index < -0.39 is 0 Å². The molecule has 0 aliphatic heterocycles. The number of carbonyl (C=O) groups excluding carboxylic acids is 1. The Bertz CT molecular complexity index is 132. The Morgan fingerprint density at radius 3 is 1.41 bits per heavy atom. The molecule has 0 bridgehead atoms. The molecular weight excluding hydrogens is 224 g/mol. The summed E-state index contributed by atoms with van der Waals surface area (Å²) < 4.78 is 4.40. The van der Waals surface area contributed by atoms with Gasteiger partial charge in [-0.15, -0.1) is 0 Å². The second-order valence-electron chi connectivity index (χ2n) is 3.15. The molecule has 0 aromatic carbocycles. The van der Waals surface area contributed by atoms with Gasteiger partial charge in [0.1, 0.15) is 0 Å². The molecule has 1 aliphatic carbocycles. The second-order valence-corrected chi connectivity index (χ2v) is 3.15. The molecule has 0 spiro atoms. The van der Waals surface area contributed by atoms with Crippen LogP contribution in [-0.4, -0.2) is 36.4 Å². The molecule has 1 fully saturated rings. The monoisotopic (exact) mass is 250 g/mol. The average Bonchev–Trinajstić information content (AvgIpc) is 2.35. The molecule has 0 unspecified atom stereocenters. The van der Waals surface area contributed by atoms with Gasteiger partial charge in [-0.1, -0.05) is 38.5 Å². The lowest BCUT2D eigenvalue weighted by Gasteiger charge is -2.05. The van der Waals surface area contributed by atoms with Gasteiger partial charge in [0.25, 0.3) is 6.47 Å². The Morgan fingerprint density at radius 2 is 1.35 bits per heavy atom. The maximum atomic E-state index is 9.82. The summed E-state index contributed by atoms with van der Waals surface area (Å²) in [5.74, 6) is -0.211. The van der Waals surface area contributed by atoms with E-state index in [0.717, 1.165) is 7.11 Å². The second kappa shape index (κ2) is 24.2. The molecule has 0 aromatic rings. The molecule has 1 rings (SSSR count). The van der Waals surface area contributed by atoms with Crippen LogP contribution in [0.25, 0.3) is 0 Å². The van der Waals surface area contributed by atoms with Crippen molar-refractivity contribution in [2.45, 2.75) is 52.4 Å². The molecule has 5 nitrogen and oxygen atoms in total. The van der Waals surface area contributed by atoms with Crippen LogP contribution in [0.5, 0.6) is 0 Å². The first-order valence-corrected chi connectivity index (χ1v) is 5.85. The molecule has 0 amide bonds. The minimum Gasteiger partial charge on any atom is -0.483 e. The zero-order valence-electron chi connectivity index (χ0n) is 11.1. The number of esters is 1. The average molecular weight is 250 g/mol. The van der Waals surface area contributed by atoms with Crippen molar-refractivity contribution in [2.24, 2.45) is 0 Å². The minimum absolute atomic E-state index is 0.211. The van der Waals surface area contributed by atoms with E-state index in [0.29, 0.717) is 6.61 Å². The Hall–Kier alpha value is -1.10. The maximum Gasteiger partial charge on any atom is 0.302 e. The summed E-state index contributed by atoms with van der Waals surface area (Å²) in [6.07, 6.45) is 9.00. The van der Waals surface area contributed by atoms with E-state index >= 15 is 0 Å². The van der Waals surface area contributed by atoms with Gasteiger partial charge in [0, 0.05) is 14.0 Å². The molecule has 2 N–H and O–H groups in total. The number of carboxylic acid groups (broad SMARTS) is 1. The van der Waals surface area contributed by atoms with Crippen LogP contribution in [0.2, 0.25) is 0 Å². The minimum atomic E-state index is -0.250. The Labute approximate surface area is 104 Å². The quantitative estimate of drug-likeness (QED) is 0.550. The predicted molar refractivity (Wildman–Crippen MR) is 66.8 cm³/mol. The van der Waals surface area contributed by atoms with Crippen molar-refractivity contribution in [2.75, 3.05) is 13.7 Å². The zero-order chi connectivity index (χ0) is 13.9. The first-order chi connectivity index (χ1) is 8.18. The molecule has 0 radical (unpaired) electrons. The zero-order valence-corrected chi connectivity index (χ0v) is 11.1. The van der Waals surface area contributed by atoms with Crippen LogP contribution in [-0.2, 0) is 14.3 Å². The van der Waals surface area contributed by atoms with E-state index in [1.807, 2.05) is 0 Å².